The summed E-state index contributed by atoms with van der Waals surface area (Å²) in [5.41, 5.74) is 5.63. The average Bonchev–Trinajstić information content (AvgIpc) is 3.62. The number of amides is 1. The van der Waals surface area contributed by atoms with Gasteiger partial charge in [0.05, 0.1) is 6.20 Å². The quantitative estimate of drug-likeness (QED) is 0.260. The van der Waals surface area contributed by atoms with Crippen LogP contribution in [0.4, 0.5) is 20.3 Å². The molecule has 3 N–H and O–H groups in total. The summed E-state index contributed by atoms with van der Waals surface area (Å²) in [6.45, 7) is 1.91. The third-order valence-electron chi connectivity index (χ3n) is 7.23. The van der Waals surface area contributed by atoms with Gasteiger partial charge in [-0.2, -0.15) is 10.1 Å². The number of carbonyl (C=O) groups excluding carboxylic acids is 1. The first kappa shape index (κ1) is 25.9. The summed E-state index contributed by atoms with van der Waals surface area (Å²) in [6.07, 6.45) is 2.89. The van der Waals surface area contributed by atoms with Gasteiger partial charge in [-0.15, -0.1) is 0 Å². The zero-order chi connectivity index (χ0) is 27.7. The molecule has 6 rings (SSSR count). The number of rotatable bonds is 9. The number of likely N-dealkylation sites (N-methyl/N-ethyl adjacent to an activating group) is 1. The Morgan fingerprint density at radius 1 is 1.05 bits per heavy atom. The van der Waals surface area contributed by atoms with Crippen LogP contribution in [0, 0.1) is 5.92 Å². The summed E-state index contributed by atoms with van der Waals surface area (Å²) in [5.74, 6) is -2.04. The summed E-state index contributed by atoms with van der Waals surface area (Å²) < 4.78 is 32.5. The largest absolute Gasteiger partial charge is 0.476 e. The van der Waals surface area contributed by atoms with E-state index in [1.807, 2.05) is 55.7 Å². The van der Waals surface area contributed by atoms with Crippen molar-refractivity contribution < 1.29 is 18.3 Å². The first-order valence-electron chi connectivity index (χ1n) is 13.2. The van der Waals surface area contributed by atoms with E-state index in [4.69, 9.17) is 9.72 Å². The molecule has 0 spiro atoms. The van der Waals surface area contributed by atoms with Crippen LogP contribution < -0.4 is 15.4 Å². The summed E-state index contributed by atoms with van der Waals surface area (Å²) in [4.78, 5) is 23.8. The van der Waals surface area contributed by atoms with Crippen molar-refractivity contribution in [3.63, 3.8) is 0 Å². The number of benzene rings is 2. The molecule has 9 nitrogen and oxygen atoms in total. The van der Waals surface area contributed by atoms with Crippen LogP contribution in [0.25, 0.3) is 22.5 Å². The van der Waals surface area contributed by atoms with Gasteiger partial charge in [-0.05, 0) is 41.9 Å². The van der Waals surface area contributed by atoms with Crippen LogP contribution in [0.1, 0.15) is 24.0 Å². The molecule has 40 heavy (non-hydrogen) atoms. The minimum atomic E-state index is -2.72. The van der Waals surface area contributed by atoms with E-state index >= 15 is 0 Å². The number of hydrogen-bond acceptors (Lipinski definition) is 7. The Hall–Kier alpha value is -4.38. The number of halogens is 2. The van der Waals surface area contributed by atoms with E-state index < -0.39 is 11.8 Å². The predicted octanol–water partition coefficient (Wildman–Crippen LogP) is 4.76. The van der Waals surface area contributed by atoms with Crippen LogP contribution >= 0.6 is 0 Å². The maximum Gasteiger partial charge on any atom is 0.249 e. The Balaban J connectivity index is 1.22. The second-order valence-corrected chi connectivity index (χ2v) is 10.2. The van der Waals surface area contributed by atoms with Gasteiger partial charge in [0.1, 0.15) is 12.4 Å². The molecule has 1 fully saturated rings. The first-order valence-corrected chi connectivity index (χ1v) is 13.2. The van der Waals surface area contributed by atoms with Crippen molar-refractivity contribution in [1.29, 1.82) is 0 Å². The normalized spacial score (nSPS) is 15.9. The smallest absolute Gasteiger partial charge is 0.249 e. The van der Waals surface area contributed by atoms with Crippen molar-refractivity contribution in [2.75, 3.05) is 25.5 Å². The number of nitrogens with zero attached hydrogens (tertiary/aromatic N) is 4. The number of H-pyrrole nitrogens is 1. The highest BCUT2D eigenvalue weighted by Crippen LogP contribution is 2.44. The molecule has 2 aliphatic rings. The molecule has 0 unspecified atom stereocenters. The van der Waals surface area contributed by atoms with Crippen molar-refractivity contribution >= 4 is 17.4 Å². The molecule has 1 aliphatic carbocycles. The Labute approximate surface area is 230 Å². The van der Waals surface area contributed by atoms with Crippen LogP contribution in [-0.4, -0.2) is 57.1 Å². The number of carbonyl (C=O) groups is 1. The van der Waals surface area contributed by atoms with E-state index in [2.05, 4.69) is 25.8 Å². The molecule has 1 saturated carbocycles. The number of aromatic nitrogens is 4. The van der Waals surface area contributed by atoms with Gasteiger partial charge >= 0.3 is 0 Å². The molecule has 3 heterocycles. The summed E-state index contributed by atoms with van der Waals surface area (Å²) in [7, 11) is 1.85. The van der Waals surface area contributed by atoms with Gasteiger partial charge in [-0.25, -0.2) is 13.8 Å². The van der Waals surface area contributed by atoms with Crippen LogP contribution in [-0.2, 0) is 17.9 Å². The Bertz CT molecular complexity index is 1500. The van der Waals surface area contributed by atoms with E-state index in [0.29, 0.717) is 43.8 Å². The zero-order valence-corrected chi connectivity index (χ0v) is 22.0. The molecular weight excluding hydrogens is 516 g/mol. The van der Waals surface area contributed by atoms with E-state index in [9.17, 15) is 13.6 Å². The highest BCUT2D eigenvalue weighted by atomic mass is 19.3. The molecule has 4 aromatic rings. The maximum absolute atomic E-state index is 13.3. The monoisotopic (exact) mass is 545 g/mol. The average molecular weight is 546 g/mol. The fourth-order valence-electron chi connectivity index (χ4n) is 5.04. The standard InChI is InChI=1S/C29H29F2N7O2/c1-32-8-9-40-26-11-25(35-24-6-4-18(5-7-24)23-14-33-34-15-23)36-27(37-26)19-2-3-20-16-38(17-21(20)10-19)28(39)22-12-29(30,31)13-22/h2-7,10-11,14-15,22,32H,8-9,12-13,16-17H2,1H3,(H,33,34)(H,35,36,37). The minimum Gasteiger partial charge on any atom is -0.476 e. The molecular formula is C29H29F2N7O2. The van der Waals surface area contributed by atoms with Crippen LogP contribution in [0.15, 0.2) is 60.9 Å². The van der Waals surface area contributed by atoms with Gasteiger partial charge in [0.2, 0.25) is 17.7 Å². The highest BCUT2D eigenvalue weighted by molar-refractivity contribution is 5.81. The van der Waals surface area contributed by atoms with Crippen LogP contribution in [0.5, 0.6) is 5.88 Å². The van der Waals surface area contributed by atoms with Gasteiger partial charge in [0.25, 0.3) is 0 Å². The lowest BCUT2D eigenvalue weighted by Gasteiger charge is -2.36. The van der Waals surface area contributed by atoms with E-state index in [0.717, 1.165) is 33.5 Å². The molecule has 2 aromatic heterocycles. The van der Waals surface area contributed by atoms with Gasteiger partial charge < -0.3 is 20.3 Å². The molecule has 11 heteroatoms. The molecule has 0 radical (unpaired) electrons. The fourth-order valence-corrected chi connectivity index (χ4v) is 5.04. The van der Waals surface area contributed by atoms with Crippen molar-refractivity contribution in [3.8, 4) is 28.4 Å². The van der Waals surface area contributed by atoms with Crippen molar-refractivity contribution in [1.82, 2.24) is 30.4 Å². The van der Waals surface area contributed by atoms with Crippen LogP contribution in [0.3, 0.4) is 0 Å². The van der Waals surface area contributed by atoms with Gasteiger partial charge in [0, 0.05) is 67.5 Å². The molecule has 0 bridgehead atoms. The second kappa shape index (κ2) is 10.6. The Morgan fingerprint density at radius 2 is 1.82 bits per heavy atom. The second-order valence-electron chi connectivity index (χ2n) is 10.2. The molecule has 206 valence electrons. The number of nitrogens with one attached hydrogen (secondary N) is 3. The maximum atomic E-state index is 13.3. The van der Waals surface area contributed by atoms with Crippen LogP contribution in [0.2, 0.25) is 0 Å². The molecule has 1 amide bonds. The number of alkyl halides is 2. The van der Waals surface area contributed by atoms with Crippen molar-refractivity contribution in [2.24, 2.45) is 5.92 Å². The topological polar surface area (TPSA) is 108 Å². The predicted molar refractivity (Wildman–Crippen MR) is 146 cm³/mol. The summed E-state index contributed by atoms with van der Waals surface area (Å²) in [5, 5.41) is 13.2. The lowest BCUT2D eigenvalue weighted by atomic mass is 9.80. The third kappa shape index (κ3) is 5.50. The first-order chi connectivity index (χ1) is 19.4. The number of fused-ring (bicyclic) bond motifs is 1. The van der Waals surface area contributed by atoms with Crippen molar-refractivity contribution in [2.45, 2.75) is 31.9 Å². The summed E-state index contributed by atoms with van der Waals surface area (Å²) in [6, 6.07) is 15.5. The fraction of sp³-hybridized carbons (Fsp3) is 0.310. The van der Waals surface area contributed by atoms with E-state index in [1.165, 1.54) is 0 Å². The molecule has 2 aromatic carbocycles. The minimum absolute atomic E-state index is 0.204. The third-order valence-corrected chi connectivity index (χ3v) is 7.23. The Morgan fingerprint density at radius 3 is 2.55 bits per heavy atom. The molecule has 0 atom stereocenters. The lowest BCUT2D eigenvalue weighted by molar-refractivity contribution is -0.160. The molecule has 0 saturated heterocycles. The van der Waals surface area contributed by atoms with E-state index in [1.54, 1.807) is 17.2 Å². The summed E-state index contributed by atoms with van der Waals surface area (Å²) >= 11 is 0. The lowest BCUT2D eigenvalue weighted by Crippen LogP contribution is -2.45. The molecule has 1 aliphatic heterocycles. The highest BCUT2D eigenvalue weighted by Gasteiger charge is 2.50. The van der Waals surface area contributed by atoms with Gasteiger partial charge in [-0.3, -0.25) is 9.89 Å². The van der Waals surface area contributed by atoms with Gasteiger partial charge in [-0.1, -0.05) is 24.3 Å². The number of anilines is 2. The zero-order valence-electron chi connectivity index (χ0n) is 22.0. The number of ether oxygens (including phenoxy) is 1. The SMILES string of the molecule is CNCCOc1cc(Nc2ccc(-c3cn[nH]c3)cc2)nc(-c2ccc3c(c2)CN(C(=O)C2CC(F)(F)C2)C3)n1. The van der Waals surface area contributed by atoms with Gasteiger partial charge in [0.15, 0.2) is 5.82 Å². The number of aromatic amines is 1. The Kier molecular flexibility index (Phi) is 6.89. The number of hydrogen-bond donors (Lipinski definition) is 3. The van der Waals surface area contributed by atoms with E-state index in [-0.39, 0.29) is 18.7 Å². The van der Waals surface area contributed by atoms with Crippen molar-refractivity contribution in [3.05, 3.63) is 72.1 Å².